The first kappa shape index (κ1) is 12.9. The number of nitrogens with zero attached hydrogens (tertiary/aromatic N) is 1. The van der Waals surface area contributed by atoms with Crippen LogP contribution in [0.5, 0.6) is 0 Å². The Kier molecular flexibility index (Phi) is 3.32. The van der Waals surface area contributed by atoms with Gasteiger partial charge in [-0.15, -0.1) is 0 Å². The van der Waals surface area contributed by atoms with Gasteiger partial charge in [-0.2, -0.15) is 0 Å². The third-order valence-corrected chi connectivity index (χ3v) is 2.94. The SMILES string of the molecule is CC(C)(C)OC(=O)N1CC(C2CC2)=C[C@H]1OC=O. The molecule has 1 fully saturated rings. The molecule has 1 amide bonds. The highest BCUT2D eigenvalue weighted by Crippen LogP contribution is 2.40. The summed E-state index contributed by atoms with van der Waals surface area (Å²) in [6.45, 7) is 6.30. The van der Waals surface area contributed by atoms with Crippen molar-refractivity contribution >= 4 is 12.6 Å². The molecule has 2 rings (SSSR count). The van der Waals surface area contributed by atoms with Crippen molar-refractivity contribution in [3.8, 4) is 0 Å². The Bertz CT molecular complexity index is 379. The maximum atomic E-state index is 12.0. The van der Waals surface area contributed by atoms with Gasteiger partial charge in [-0.1, -0.05) is 0 Å². The number of amides is 1. The highest BCUT2D eigenvalue weighted by molar-refractivity contribution is 5.70. The molecule has 1 aliphatic carbocycles. The van der Waals surface area contributed by atoms with Gasteiger partial charge in [0.15, 0.2) is 6.23 Å². The van der Waals surface area contributed by atoms with Crippen molar-refractivity contribution in [1.29, 1.82) is 0 Å². The van der Waals surface area contributed by atoms with Gasteiger partial charge in [0.25, 0.3) is 6.47 Å². The molecule has 1 atom stereocenters. The van der Waals surface area contributed by atoms with Crippen LogP contribution in [0.15, 0.2) is 11.6 Å². The number of hydrogen-bond acceptors (Lipinski definition) is 4. The van der Waals surface area contributed by atoms with E-state index in [4.69, 9.17) is 9.47 Å². The summed E-state index contributed by atoms with van der Waals surface area (Å²) >= 11 is 0. The lowest BCUT2D eigenvalue weighted by Crippen LogP contribution is -2.41. The molecule has 1 heterocycles. The maximum Gasteiger partial charge on any atom is 0.413 e. The molecule has 0 radical (unpaired) electrons. The van der Waals surface area contributed by atoms with Crippen LogP contribution >= 0.6 is 0 Å². The van der Waals surface area contributed by atoms with E-state index in [2.05, 4.69) is 0 Å². The fraction of sp³-hybridized carbons (Fsp3) is 0.692. The van der Waals surface area contributed by atoms with Gasteiger partial charge in [0.2, 0.25) is 0 Å². The van der Waals surface area contributed by atoms with Gasteiger partial charge < -0.3 is 9.47 Å². The van der Waals surface area contributed by atoms with Crippen LogP contribution in [0.2, 0.25) is 0 Å². The Morgan fingerprint density at radius 1 is 1.44 bits per heavy atom. The number of ether oxygens (including phenoxy) is 2. The molecule has 0 spiro atoms. The Labute approximate surface area is 107 Å². The van der Waals surface area contributed by atoms with Gasteiger partial charge in [0.05, 0.1) is 0 Å². The molecule has 0 saturated heterocycles. The predicted molar refractivity (Wildman–Crippen MR) is 64.7 cm³/mol. The molecular formula is C13H19NO4. The molecule has 5 heteroatoms. The second-order valence-electron chi connectivity index (χ2n) is 5.75. The first-order valence-electron chi connectivity index (χ1n) is 6.20. The molecule has 100 valence electrons. The van der Waals surface area contributed by atoms with Gasteiger partial charge in [-0.3, -0.25) is 9.69 Å². The molecule has 0 bridgehead atoms. The van der Waals surface area contributed by atoms with E-state index in [0.29, 0.717) is 18.9 Å². The van der Waals surface area contributed by atoms with Gasteiger partial charge in [0, 0.05) is 6.54 Å². The number of hydrogen-bond donors (Lipinski definition) is 0. The minimum Gasteiger partial charge on any atom is -0.444 e. The zero-order valence-corrected chi connectivity index (χ0v) is 11.0. The monoisotopic (exact) mass is 253 g/mol. The molecule has 0 N–H and O–H groups in total. The number of carbonyl (C=O) groups excluding carboxylic acids is 2. The summed E-state index contributed by atoms with van der Waals surface area (Å²) in [4.78, 5) is 23.9. The largest absolute Gasteiger partial charge is 0.444 e. The summed E-state index contributed by atoms with van der Waals surface area (Å²) in [6, 6.07) is 0. The van der Waals surface area contributed by atoms with E-state index in [-0.39, 0.29) is 0 Å². The van der Waals surface area contributed by atoms with Crippen molar-refractivity contribution in [1.82, 2.24) is 4.90 Å². The van der Waals surface area contributed by atoms with Crippen LogP contribution in [0, 0.1) is 5.92 Å². The lowest BCUT2D eigenvalue weighted by Gasteiger charge is -2.27. The predicted octanol–water partition coefficient (Wildman–Crippen LogP) is 2.07. The topological polar surface area (TPSA) is 55.8 Å². The number of carbonyl (C=O) groups is 2. The van der Waals surface area contributed by atoms with Crippen molar-refractivity contribution < 1.29 is 19.1 Å². The van der Waals surface area contributed by atoms with Crippen molar-refractivity contribution in [3.63, 3.8) is 0 Å². The van der Waals surface area contributed by atoms with Crippen LogP contribution in [-0.2, 0) is 14.3 Å². The standard InChI is InChI=1S/C13H19NO4/c1-13(2,3)18-12(16)14-7-10(9-4-5-9)6-11(14)17-8-15/h6,8-9,11H,4-5,7H2,1-3H3/t11-/m1/s1. The van der Waals surface area contributed by atoms with Gasteiger partial charge in [-0.05, 0) is 51.2 Å². The normalized spacial score (nSPS) is 23.6. The second kappa shape index (κ2) is 4.63. The van der Waals surface area contributed by atoms with Crippen LogP contribution in [0.3, 0.4) is 0 Å². The molecule has 1 aliphatic heterocycles. The lowest BCUT2D eigenvalue weighted by molar-refractivity contribution is -0.137. The summed E-state index contributed by atoms with van der Waals surface area (Å²) in [5, 5.41) is 0. The van der Waals surface area contributed by atoms with E-state index in [1.54, 1.807) is 0 Å². The molecule has 0 aromatic heterocycles. The van der Waals surface area contributed by atoms with Crippen molar-refractivity contribution in [2.24, 2.45) is 5.92 Å². The third-order valence-electron chi connectivity index (χ3n) is 2.94. The lowest BCUT2D eigenvalue weighted by atomic mass is 10.2. The molecule has 1 saturated carbocycles. The Morgan fingerprint density at radius 3 is 2.61 bits per heavy atom. The van der Waals surface area contributed by atoms with Gasteiger partial charge >= 0.3 is 6.09 Å². The van der Waals surface area contributed by atoms with E-state index in [9.17, 15) is 9.59 Å². The average molecular weight is 253 g/mol. The molecule has 18 heavy (non-hydrogen) atoms. The third kappa shape index (κ3) is 3.03. The Morgan fingerprint density at radius 2 is 2.11 bits per heavy atom. The fourth-order valence-corrected chi connectivity index (χ4v) is 1.99. The molecular weight excluding hydrogens is 234 g/mol. The summed E-state index contributed by atoms with van der Waals surface area (Å²) in [5.74, 6) is 0.551. The van der Waals surface area contributed by atoms with E-state index in [0.717, 1.165) is 12.8 Å². The van der Waals surface area contributed by atoms with E-state index >= 15 is 0 Å². The van der Waals surface area contributed by atoms with Crippen molar-refractivity contribution in [2.75, 3.05) is 6.54 Å². The first-order chi connectivity index (χ1) is 8.40. The van der Waals surface area contributed by atoms with Crippen LogP contribution in [0.1, 0.15) is 33.6 Å². The summed E-state index contributed by atoms with van der Waals surface area (Å²) in [6.07, 6.45) is 3.11. The van der Waals surface area contributed by atoms with Gasteiger partial charge in [-0.25, -0.2) is 4.79 Å². The second-order valence-corrected chi connectivity index (χ2v) is 5.75. The van der Waals surface area contributed by atoms with E-state index < -0.39 is 17.9 Å². The van der Waals surface area contributed by atoms with E-state index in [1.165, 1.54) is 10.5 Å². The van der Waals surface area contributed by atoms with E-state index in [1.807, 2.05) is 26.8 Å². The fourth-order valence-electron chi connectivity index (χ4n) is 1.99. The Hall–Kier alpha value is -1.52. The Balaban J connectivity index is 2.03. The van der Waals surface area contributed by atoms with Crippen molar-refractivity contribution in [3.05, 3.63) is 11.6 Å². The van der Waals surface area contributed by atoms with Crippen LogP contribution in [0.4, 0.5) is 4.79 Å². The molecule has 0 aromatic carbocycles. The van der Waals surface area contributed by atoms with Crippen molar-refractivity contribution in [2.45, 2.75) is 45.4 Å². The van der Waals surface area contributed by atoms with Crippen LogP contribution in [0.25, 0.3) is 0 Å². The molecule has 5 nitrogen and oxygen atoms in total. The quantitative estimate of drug-likeness (QED) is 0.570. The number of rotatable bonds is 3. The first-order valence-corrected chi connectivity index (χ1v) is 6.20. The summed E-state index contributed by atoms with van der Waals surface area (Å²) < 4.78 is 10.2. The zero-order valence-electron chi connectivity index (χ0n) is 11.0. The minimum absolute atomic E-state index is 0.369. The highest BCUT2D eigenvalue weighted by atomic mass is 16.6. The van der Waals surface area contributed by atoms with Crippen LogP contribution < -0.4 is 0 Å². The molecule has 0 aromatic rings. The summed E-state index contributed by atoms with van der Waals surface area (Å²) in [7, 11) is 0. The maximum absolute atomic E-state index is 12.0. The van der Waals surface area contributed by atoms with Crippen LogP contribution in [-0.4, -0.2) is 35.8 Å². The summed E-state index contributed by atoms with van der Waals surface area (Å²) in [5.41, 5.74) is 0.623. The smallest absolute Gasteiger partial charge is 0.413 e. The molecule has 2 aliphatic rings. The highest BCUT2D eigenvalue weighted by Gasteiger charge is 2.38. The molecule has 0 unspecified atom stereocenters. The zero-order chi connectivity index (χ0) is 13.3. The average Bonchev–Trinajstić information content (AvgIpc) is 2.99. The van der Waals surface area contributed by atoms with Gasteiger partial charge in [0.1, 0.15) is 5.60 Å². The minimum atomic E-state index is -0.618.